The lowest BCUT2D eigenvalue weighted by molar-refractivity contribution is -0.120. The molecule has 5 heteroatoms. The number of hydrogen-bond donors (Lipinski definition) is 2. The minimum Gasteiger partial charge on any atom is -0.355 e. The number of nitrogens with two attached hydrogens (primary N) is 1. The fraction of sp³-hybridized carbons (Fsp3) is 0.417. The van der Waals surface area contributed by atoms with Gasteiger partial charge in [0.25, 0.3) is 0 Å². The summed E-state index contributed by atoms with van der Waals surface area (Å²) in [5.41, 5.74) is 6.54. The van der Waals surface area contributed by atoms with Crippen molar-refractivity contribution in [3.63, 3.8) is 0 Å². The van der Waals surface area contributed by atoms with Crippen molar-refractivity contribution in [2.24, 2.45) is 5.73 Å². The van der Waals surface area contributed by atoms with Crippen LogP contribution < -0.4 is 11.1 Å². The third-order valence-corrected chi connectivity index (χ3v) is 3.10. The van der Waals surface area contributed by atoms with Gasteiger partial charge in [-0.1, -0.05) is 17.7 Å². The van der Waals surface area contributed by atoms with E-state index in [1.807, 2.05) is 0 Å². The summed E-state index contributed by atoms with van der Waals surface area (Å²) >= 11 is 1.74. The Morgan fingerprint density at radius 3 is 2.59 bits per heavy atom. The Morgan fingerprint density at radius 2 is 2.00 bits per heavy atom. The number of thioether (sulfide) groups is 1. The van der Waals surface area contributed by atoms with Crippen molar-refractivity contribution in [1.29, 1.82) is 0 Å². The molecule has 0 aliphatic rings. The number of amides is 1. The molecule has 0 fully saturated rings. The molecule has 1 aromatic rings. The average molecular weight is 275 g/mol. The van der Waals surface area contributed by atoms with Gasteiger partial charge in [0.15, 0.2) is 0 Å². The third-order valence-electron chi connectivity index (χ3n) is 2.09. The van der Waals surface area contributed by atoms with Crippen molar-refractivity contribution in [1.82, 2.24) is 5.32 Å². The first-order chi connectivity index (χ1) is 7.72. The molecule has 96 valence electrons. The van der Waals surface area contributed by atoms with E-state index in [1.165, 1.54) is 10.5 Å². The van der Waals surface area contributed by atoms with E-state index in [1.54, 1.807) is 11.8 Å². The lowest BCUT2D eigenvalue weighted by Gasteiger charge is -2.04. The summed E-state index contributed by atoms with van der Waals surface area (Å²) in [5, 5.41) is 2.83. The Kier molecular flexibility index (Phi) is 8.94. The Bertz CT molecular complexity index is 330. The highest BCUT2D eigenvalue weighted by Gasteiger charge is 1.98. The standard InChI is InChI=1S/C12H18N2OS.ClH/c1-10-2-4-11(5-3-10)16-9-8-14-12(15)6-7-13;/h2-5H,6-9,13H2,1H3,(H,14,15);1H. The zero-order valence-corrected chi connectivity index (χ0v) is 11.6. The second kappa shape index (κ2) is 9.33. The summed E-state index contributed by atoms with van der Waals surface area (Å²) < 4.78 is 0. The molecule has 1 amide bonds. The zero-order valence-electron chi connectivity index (χ0n) is 9.94. The summed E-state index contributed by atoms with van der Waals surface area (Å²) in [7, 11) is 0. The maximum atomic E-state index is 11.1. The van der Waals surface area contributed by atoms with Gasteiger partial charge in [-0.25, -0.2) is 0 Å². The molecule has 0 radical (unpaired) electrons. The number of carbonyl (C=O) groups excluding carboxylic acids is 1. The van der Waals surface area contributed by atoms with Crippen LogP contribution in [0.2, 0.25) is 0 Å². The second-order valence-corrected chi connectivity index (χ2v) is 4.72. The molecule has 0 spiro atoms. The molecule has 0 saturated heterocycles. The number of carbonyl (C=O) groups is 1. The fourth-order valence-corrected chi connectivity index (χ4v) is 1.98. The van der Waals surface area contributed by atoms with Crippen molar-refractivity contribution < 1.29 is 4.79 Å². The molecular weight excluding hydrogens is 256 g/mol. The summed E-state index contributed by atoms with van der Waals surface area (Å²) in [6.45, 7) is 3.18. The number of rotatable bonds is 6. The molecule has 0 atom stereocenters. The lowest BCUT2D eigenvalue weighted by atomic mass is 10.2. The molecule has 0 aromatic heterocycles. The monoisotopic (exact) mass is 274 g/mol. The summed E-state index contributed by atoms with van der Waals surface area (Å²) in [5.74, 6) is 0.923. The van der Waals surface area contributed by atoms with Crippen LogP contribution in [-0.2, 0) is 4.79 Å². The van der Waals surface area contributed by atoms with Gasteiger partial charge in [0.1, 0.15) is 0 Å². The highest BCUT2D eigenvalue weighted by atomic mass is 35.5. The first-order valence-corrected chi connectivity index (χ1v) is 6.37. The predicted octanol–water partition coefficient (Wildman–Crippen LogP) is 1.97. The van der Waals surface area contributed by atoms with Gasteiger partial charge in [0.2, 0.25) is 5.91 Å². The fourth-order valence-electron chi connectivity index (χ4n) is 1.21. The van der Waals surface area contributed by atoms with Crippen LogP contribution in [-0.4, -0.2) is 24.7 Å². The van der Waals surface area contributed by atoms with Crippen LogP contribution in [0.3, 0.4) is 0 Å². The third kappa shape index (κ3) is 7.26. The van der Waals surface area contributed by atoms with E-state index in [-0.39, 0.29) is 18.3 Å². The van der Waals surface area contributed by atoms with Gasteiger partial charge in [-0.2, -0.15) is 0 Å². The highest BCUT2D eigenvalue weighted by Crippen LogP contribution is 2.17. The summed E-state index contributed by atoms with van der Waals surface area (Å²) in [6.07, 6.45) is 0.412. The number of halogens is 1. The van der Waals surface area contributed by atoms with Gasteiger partial charge in [0.05, 0.1) is 0 Å². The van der Waals surface area contributed by atoms with Gasteiger partial charge in [0, 0.05) is 30.2 Å². The SMILES string of the molecule is Cc1ccc(SCCNC(=O)CCN)cc1.Cl. The molecule has 0 heterocycles. The second-order valence-electron chi connectivity index (χ2n) is 3.55. The number of hydrogen-bond acceptors (Lipinski definition) is 3. The smallest absolute Gasteiger partial charge is 0.221 e. The molecule has 0 bridgehead atoms. The Hall–Kier alpha value is -0.710. The molecule has 3 nitrogen and oxygen atoms in total. The molecule has 0 aliphatic heterocycles. The van der Waals surface area contributed by atoms with Crippen LogP contribution in [0.15, 0.2) is 29.2 Å². The first kappa shape index (κ1) is 16.3. The van der Waals surface area contributed by atoms with Crippen molar-refractivity contribution >= 4 is 30.1 Å². The summed E-state index contributed by atoms with van der Waals surface area (Å²) in [6, 6.07) is 8.38. The molecule has 17 heavy (non-hydrogen) atoms. The molecule has 0 saturated carbocycles. The topological polar surface area (TPSA) is 55.1 Å². The minimum atomic E-state index is 0. The van der Waals surface area contributed by atoms with Crippen LogP contribution in [0.5, 0.6) is 0 Å². The lowest BCUT2D eigenvalue weighted by Crippen LogP contribution is -2.27. The maximum Gasteiger partial charge on any atom is 0.221 e. The van der Waals surface area contributed by atoms with Gasteiger partial charge >= 0.3 is 0 Å². The van der Waals surface area contributed by atoms with E-state index in [4.69, 9.17) is 5.73 Å². The van der Waals surface area contributed by atoms with E-state index in [0.29, 0.717) is 19.5 Å². The van der Waals surface area contributed by atoms with E-state index in [0.717, 1.165) is 5.75 Å². The van der Waals surface area contributed by atoms with Crippen molar-refractivity contribution in [3.8, 4) is 0 Å². The number of benzene rings is 1. The highest BCUT2D eigenvalue weighted by molar-refractivity contribution is 7.99. The van der Waals surface area contributed by atoms with Crippen LogP contribution >= 0.6 is 24.2 Å². The average Bonchev–Trinajstić information content (AvgIpc) is 2.27. The molecule has 1 aromatic carbocycles. The Morgan fingerprint density at radius 1 is 1.35 bits per heavy atom. The van der Waals surface area contributed by atoms with Crippen molar-refractivity contribution in [2.75, 3.05) is 18.8 Å². The van der Waals surface area contributed by atoms with Crippen LogP contribution in [0.25, 0.3) is 0 Å². The van der Waals surface area contributed by atoms with Crippen LogP contribution in [0.4, 0.5) is 0 Å². The maximum absolute atomic E-state index is 11.1. The van der Waals surface area contributed by atoms with Crippen LogP contribution in [0.1, 0.15) is 12.0 Å². The predicted molar refractivity (Wildman–Crippen MR) is 75.8 cm³/mol. The van der Waals surface area contributed by atoms with Gasteiger partial charge in [-0.15, -0.1) is 24.2 Å². The van der Waals surface area contributed by atoms with E-state index >= 15 is 0 Å². The quantitative estimate of drug-likeness (QED) is 0.616. The number of aryl methyl sites for hydroxylation is 1. The molecule has 1 rings (SSSR count). The minimum absolute atomic E-state index is 0. The van der Waals surface area contributed by atoms with Gasteiger partial charge in [-0.05, 0) is 19.1 Å². The molecular formula is C12H19ClN2OS. The Balaban J connectivity index is 0.00000256. The molecule has 0 unspecified atom stereocenters. The molecule has 3 N–H and O–H groups in total. The first-order valence-electron chi connectivity index (χ1n) is 5.38. The van der Waals surface area contributed by atoms with Gasteiger partial charge in [-0.3, -0.25) is 4.79 Å². The largest absolute Gasteiger partial charge is 0.355 e. The Labute approximate surface area is 113 Å². The van der Waals surface area contributed by atoms with Crippen molar-refractivity contribution in [3.05, 3.63) is 29.8 Å². The van der Waals surface area contributed by atoms with Crippen LogP contribution in [0, 0.1) is 6.92 Å². The van der Waals surface area contributed by atoms with E-state index in [9.17, 15) is 4.79 Å². The normalized spacial score (nSPS) is 9.53. The number of nitrogens with one attached hydrogen (secondary N) is 1. The van der Waals surface area contributed by atoms with E-state index < -0.39 is 0 Å². The van der Waals surface area contributed by atoms with E-state index in [2.05, 4.69) is 36.5 Å². The van der Waals surface area contributed by atoms with Gasteiger partial charge < -0.3 is 11.1 Å². The summed E-state index contributed by atoms with van der Waals surface area (Å²) in [4.78, 5) is 12.3. The molecule has 0 aliphatic carbocycles. The van der Waals surface area contributed by atoms with Crippen molar-refractivity contribution in [2.45, 2.75) is 18.2 Å². The zero-order chi connectivity index (χ0) is 11.8.